The molecule has 0 unspecified atom stereocenters. The van der Waals surface area contributed by atoms with Gasteiger partial charge in [0.25, 0.3) is 0 Å². The molecule has 0 saturated heterocycles. The maximum Gasteiger partial charge on any atom is 0.212 e. The minimum Gasteiger partial charge on any atom is -0.481 e. The highest BCUT2D eigenvalue weighted by molar-refractivity contribution is 5.88. The Labute approximate surface area is 66.3 Å². The lowest BCUT2D eigenvalue weighted by atomic mass is 10.0. The van der Waals surface area contributed by atoms with Crippen molar-refractivity contribution in [3.8, 4) is 0 Å². The van der Waals surface area contributed by atoms with E-state index < -0.39 is 5.54 Å². The number of methoxy groups -OCH3 is 1. The summed E-state index contributed by atoms with van der Waals surface area (Å²) in [6.07, 6.45) is 7.08. The second kappa shape index (κ2) is 2.88. The molecule has 0 bridgehead atoms. The van der Waals surface area contributed by atoms with Crippen molar-refractivity contribution in [3.63, 3.8) is 0 Å². The Hall–Kier alpha value is -1.09. The zero-order valence-corrected chi connectivity index (χ0v) is 6.74. The molecular formula is C8H12N2O. The van der Waals surface area contributed by atoms with Gasteiger partial charge in [-0.1, -0.05) is 6.08 Å². The Morgan fingerprint density at radius 1 is 1.55 bits per heavy atom. The van der Waals surface area contributed by atoms with E-state index >= 15 is 0 Å². The lowest BCUT2D eigenvalue weighted by Crippen LogP contribution is -2.30. The van der Waals surface area contributed by atoms with Crippen LogP contribution in [0.25, 0.3) is 0 Å². The molecule has 3 nitrogen and oxygen atoms in total. The van der Waals surface area contributed by atoms with Gasteiger partial charge < -0.3 is 10.5 Å². The summed E-state index contributed by atoms with van der Waals surface area (Å²) in [5.74, 6) is 0.579. The van der Waals surface area contributed by atoms with Gasteiger partial charge in [-0.15, -0.1) is 0 Å². The van der Waals surface area contributed by atoms with Crippen molar-refractivity contribution in [2.45, 2.75) is 12.5 Å². The number of rotatable bonds is 0. The highest BCUT2D eigenvalue weighted by Crippen LogP contribution is 2.07. The van der Waals surface area contributed by atoms with E-state index in [-0.39, 0.29) is 0 Å². The standard InChI is InChI=1S/C8H12N2O/c1-8(9)4-3-7(11-2)10-6-5-8/h3-6H,9H2,1-2H3/t8-/m0/s1. The quantitative estimate of drug-likeness (QED) is 0.559. The third kappa shape index (κ3) is 2.20. The SMILES string of the molecule is COC1=NC=C[C@@](C)(N)C=C1. The van der Waals surface area contributed by atoms with E-state index in [0.717, 1.165) is 0 Å². The molecule has 1 rings (SSSR count). The van der Waals surface area contributed by atoms with Crippen molar-refractivity contribution in [3.05, 3.63) is 24.4 Å². The van der Waals surface area contributed by atoms with Crippen LogP contribution < -0.4 is 5.73 Å². The Balaban J connectivity index is 2.83. The zero-order valence-electron chi connectivity index (χ0n) is 6.74. The fourth-order valence-electron chi connectivity index (χ4n) is 0.742. The van der Waals surface area contributed by atoms with Gasteiger partial charge in [0.1, 0.15) is 0 Å². The van der Waals surface area contributed by atoms with Gasteiger partial charge in [-0.3, -0.25) is 0 Å². The van der Waals surface area contributed by atoms with Crippen molar-refractivity contribution in [1.29, 1.82) is 0 Å². The van der Waals surface area contributed by atoms with E-state index in [9.17, 15) is 0 Å². The van der Waals surface area contributed by atoms with Crippen LogP contribution in [0.3, 0.4) is 0 Å². The molecule has 11 heavy (non-hydrogen) atoms. The van der Waals surface area contributed by atoms with Crippen LogP contribution in [-0.4, -0.2) is 18.5 Å². The van der Waals surface area contributed by atoms with Crippen LogP contribution >= 0.6 is 0 Å². The summed E-state index contributed by atoms with van der Waals surface area (Å²) in [6, 6.07) is 0. The van der Waals surface area contributed by atoms with Gasteiger partial charge in [-0.2, -0.15) is 0 Å². The molecule has 3 heteroatoms. The van der Waals surface area contributed by atoms with Gasteiger partial charge in [-0.05, 0) is 19.1 Å². The molecule has 1 aliphatic heterocycles. The predicted octanol–water partition coefficient (Wildman–Crippen LogP) is 0.832. The molecule has 0 spiro atoms. The highest BCUT2D eigenvalue weighted by Gasteiger charge is 2.11. The summed E-state index contributed by atoms with van der Waals surface area (Å²) in [6.45, 7) is 1.90. The summed E-state index contributed by atoms with van der Waals surface area (Å²) in [4.78, 5) is 3.98. The molecule has 0 aromatic carbocycles. The van der Waals surface area contributed by atoms with Crippen molar-refractivity contribution >= 4 is 5.90 Å². The molecule has 0 aliphatic carbocycles. The van der Waals surface area contributed by atoms with Crippen LogP contribution in [-0.2, 0) is 4.74 Å². The maximum atomic E-state index is 5.79. The molecule has 0 radical (unpaired) electrons. The molecule has 1 aliphatic rings. The normalized spacial score (nSPS) is 29.5. The Bertz CT molecular complexity index is 226. The van der Waals surface area contributed by atoms with Crippen LogP contribution in [0.4, 0.5) is 0 Å². The molecule has 60 valence electrons. The van der Waals surface area contributed by atoms with E-state index in [1.807, 2.05) is 19.1 Å². The highest BCUT2D eigenvalue weighted by atomic mass is 16.5. The number of nitrogens with two attached hydrogens (primary N) is 1. The maximum absolute atomic E-state index is 5.79. The molecule has 0 saturated carbocycles. The molecule has 0 aromatic rings. The average Bonchev–Trinajstić information content (AvgIpc) is 2.10. The second-order valence-electron chi connectivity index (χ2n) is 2.69. The van der Waals surface area contributed by atoms with Gasteiger partial charge in [0, 0.05) is 6.20 Å². The first-order valence-electron chi connectivity index (χ1n) is 3.42. The summed E-state index contributed by atoms with van der Waals surface area (Å²) in [5, 5.41) is 0. The van der Waals surface area contributed by atoms with Gasteiger partial charge in [0.2, 0.25) is 5.90 Å². The van der Waals surface area contributed by atoms with Crippen molar-refractivity contribution in [1.82, 2.24) is 0 Å². The number of aliphatic imine (C=N–C) groups is 1. The number of hydrogen-bond donors (Lipinski definition) is 1. The summed E-state index contributed by atoms with van der Waals surface area (Å²) in [5.41, 5.74) is 5.38. The first kappa shape index (κ1) is 8.01. The van der Waals surface area contributed by atoms with Crippen LogP contribution in [0.5, 0.6) is 0 Å². The molecular weight excluding hydrogens is 140 g/mol. The van der Waals surface area contributed by atoms with Crippen LogP contribution in [0.2, 0.25) is 0 Å². The number of hydrogen-bond acceptors (Lipinski definition) is 3. The molecule has 0 amide bonds. The predicted molar refractivity (Wildman–Crippen MR) is 45.3 cm³/mol. The van der Waals surface area contributed by atoms with E-state index in [1.165, 1.54) is 0 Å². The smallest absolute Gasteiger partial charge is 0.212 e. The third-order valence-corrected chi connectivity index (χ3v) is 1.43. The van der Waals surface area contributed by atoms with Gasteiger partial charge in [0.05, 0.1) is 12.6 Å². The zero-order chi connectivity index (χ0) is 8.32. The minimum atomic E-state index is -0.413. The van der Waals surface area contributed by atoms with Crippen LogP contribution in [0.1, 0.15) is 6.92 Å². The molecule has 2 N–H and O–H groups in total. The third-order valence-electron chi connectivity index (χ3n) is 1.43. The minimum absolute atomic E-state index is 0.413. The Morgan fingerprint density at radius 2 is 2.27 bits per heavy atom. The monoisotopic (exact) mass is 152 g/mol. The first-order chi connectivity index (χ1) is 5.14. The van der Waals surface area contributed by atoms with E-state index in [0.29, 0.717) is 5.90 Å². The summed E-state index contributed by atoms with van der Waals surface area (Å²) >= 11 is 0. The number of nitrogens with zero attached hydrogens (tertiary/aromatic N) is 1. The lowest BCUT2D eigenvalue weighted by Gasteiger charge is -2.11. The van der Waals surface area contributed by atoms with Gasteiger partial charge in [0.15, 0.2) is 0 Å². The molecule has 1 heterocycles. The molecule has 0 aromatic heterocycles. The Morgan fingerprint density at radius 3 is 2.91 bits per heavy atom. The van der Waals surface area contributed by atoms with E-state index in [1.54, 1.807) is 19.4 Å². The fraction of sp³-hybridized carbons (Fsp3) is 0.375. The van der Waals surface area contributed by atoms with E-state index in [2.05, 4.69) is 4.99 Å². The van der Waals surface area contributed by atoms with Gasteiger partial charge in [-0.25, -0.2) is 4.99 Å². The average molecular weight is 152 g/mol. The van der Waals surface area contributed by atoms with Crippen molar-refractivity contribution < 1.29 is 4.74 Å². The summed E-state index contributed by atoms with van der Waals surface area (Å²) in [7, 11) is 1.58. The van der Waals surface area contributed by atoms with E-state index in [4.69, 9.17) is 10.5 Å². The van der Waals surface area contributed by atoms with Crippen molar-refractivity contribution in [2.24, 2.45) is 10.7 Å². The van der Waals surface area contributed by atoms with Crippen molar-refractivity contribution in [2.75, 3.05) is 7.11 Å². The van der Waals surface area contributed by atoms with Crippen LogP contribution in [0, 0.1) is 0 Å². The number of ether oxygens (including phenoxy) is 1. The molecule has 0 fully saturated rings. The second-order valence-corrected chi connectivity index (χ2v) is 2.69. The fourth-order valence-corrected chi connectivity index (χ4v) is 0.742. The largest absolute Gasteiger partial charge is 0.481 e. The van der Waals surface area contributed by atoms with Gasteiger partial charge >= 0.3 is 0 Å². The lowest BCUT2D eigenvalue weighted by molar-refractivity contribution is 0.407. The van der Waals surface area contributed by atoms with Crippen LogP contribution in [0.15, 0.2) is 29.4 Å². The Kier molecular flexibility index (Phi) is 2.10. The first-order valence-corrected chi connectivity index (χ1v) is 3.42. The molecule has 1 atom stereocenters. The topological polar surface area (TPSA) is 47.6 Å². The summed E-state index contributed by atoms with van der Waals surface area (Å²) < 4.78 is 4.92.